The zero-order valence-electron chi connectivity index (χ0n) is 13.1. The Kier molecular flexibility index (Phi) is 7.24. The number of hydrogen-bond acceptors (Lipinski definition) is 3. The first kappa shape index (κ1) is 16.5. The third-order valence-electron chi connectivity index (χ3n) is 4.42. The monoisotopic (exact) mass is 308 g/mol. The second-order valence-electron chi connectivity index (χ2n) is 6.07. The molecule has 4 heteroatoms. The van der Waals surface area contributed by atoms with E-state index >= 15 is 0 Å². The highest BCUT2D eigenvalue weighted by molar-refractivity contribution is 7.12. The molecule has 0 spiro atoms. The molecule has 0 aromatic carbocycles. The standard InChI is InChI=1S/C17H28N2OS/c1-19(15-9-4-2-5-10-15)13-7-3-6-12-18-17(20)16-11-8-14-21-16/h8,11,14-15H,2-7,9-10,12-13H2,1H3,(H,18,20). The van der Waals surface area contributed by atoms with Crippen molar-refractivity contribution >= 4 is 17.2 Å². The van der Waals surface area contributed by atoms with Gasteiger partial charge in [0, 0.05) is 12.6 Å². The van der Waals surface area contributed by atoms with Gasteiger partial charge in [-0.2, -0.15) is 0 Å². The quantitative estimate of drug-likeness (QED) is 0.738. The number of carbonyl (C=O) groups excluding carboxylic acids is 1. The smallest absolute Gasteiger partial charge is 0.261 e. The molecule has 1 heterocycles. The highest BCUT2D eigenvalue weighted by atomic mass is 32.1. The van der Waals surface area contributed by atoms with Crippen LogP contribution in [0.25, 0.3) is 0 Å². The number of nitrogens with zero attached hydrogens (tertiary/aromatic N) is 1. The van der Waals surface area contributed by atoms with Crippen LogP contribution in [-0.2, 0) is 0 Å². The lowest BCUT2D eigenvalue weighted by Gasteiger charge is -2.31. The Labute approximate surface area is 132 Å². The second kappa shape index (κ2) is 9.21. The molecule has 1 N–H and O–H groups in total. The van der Waals surface area contributed by atoms with Crippen LogP contribution >= 0.6 is 11.3 Å². The third kappa shape index (κ3) is 5.79. The van der Waals surface area contributed by atoms with Crippen molar-refractivity contribution in [3.05, 3.63) is 22.4 Å². The van der Waals surface area contributed by atoms with Crippen LogP contribution in [-0.4, -0.2) is 37.0 Å². The van der Waals surface area contributed by atoms with Crippen molar-refractivity contribution in [2.24, 2.45) is 0 Å². The van der Waals surface area contributed by atoms with Crippen LogP contribution < -0.4 is 5.32 Å². The predicted molar refractivity (Wildman–Crippen MR) is 90.0 cm³/mol. The number of unbranched alkanes of at least 4 members (excludes halogenated alkanes) is 2. The van der Waals surface area contributed by atoms with Crippen LogP contribution in [0, 0.1) is 0 Å². The van der Waals surface area contributed by atoms with E-state index in [-0.39, 0.29) is 5.91 Å². The molecule has 1 fully saturated rings. The van der Waals surface area contributed by atoms with Gasteiger partial charge in [0.1, 0.15) is 0 Å². The minimum absolute atomic E-state index is 0.0734. The number of nitrogens with one attached hydrogen (secondary N) is 1. The summed E-state index contributed by atoms with van der Waals surface area (Å²) in [7, 11) is 2.27. The average Bonchev–Trinajstić information content (AvgIpc) is 3.05. The Bertz CT molecular complexity index is 399. The first-order valence-corrected chi connectivity index (χ1v) is 9.17. The highest BCUT2D eigenvalue weighted by Crippen LogP contribution is 2.21. The van der Waals surface area contributed by atoms with Crippen molar-refractivity contribution in [1.29, 1.82) is 0 Å². The average molecular weight is 308 g/mol. The molecule has 21 heavy (non-hydrogen) atoms. The molecule has 0 aliphatic heterocycles. The topological polar surface area (TPSA) is 32.3 Å². The van der Waals surface area contributed by atoms with Gasteiger partial charge in [-0.1, -0.05) is 31.7 Å². The molecule has 1 aliphatic carbocycles. The fourth-order valence-electron chi connectivity index (χ4n) is 3.06. The van der Waals surface area contributed by atoms with Crippen molar-refractivity contribution < 1.29 is 4.79 Å². The van der Waals surface area contributed by atoms with E-state index in [1.165, 1.54) is 62.8 Å². The van der Waals surface area contributed by atoms with Crippen molar-refractivity contribution in [1.82, 2.24) is 10.2 Å². The first-order valence-electron chi connectivity index (χ1n) is 8.29. The molecular formula is C17H28N2OS. The summed E-state index contributed by atoms with van der Waals surface area (Å²) in [6, 6.07) is 4.61. The number of carbonyl (C=O) groups is 1. The van der Waals surface area contributed by atoms with Gasteiger partial charge in [-0.3, -0.25) is 4.79 Å². The Morgan fingerprint density at radius 3 is 2.81 bits per heavy atom. The fourth-order valence-corrected chi connectivity index (χ4v) is 3.70. The van der Waals surface area contributed by atoms with Crippen molar-refractivity contribution in [3.8, 4) is 0 Å². The van der Waals surface area contributed by atoms with Gasteiger partial charge in [-0.05, 0) is 50.7 Å². The van der Waals surface area contributed by atoms with Gasteiger partial charge in [-0.15, -0.1) is 11.3 Å². The lowest BCUT2D eigenvalue weighted by Crippen LogP contribution is -2.34. The summed E-state index contributed by atoms with van der Waals surface area (Å²) in [6.45, 7) is 1.99. The van der Waals surface area contributed by atoms with Gasteiger partial charge in [0.05, 0.1) is 4.88 Å². The lowest BCUT2D eigenvalue weighted by molar-refractivity contribution is 0.0957. The summed E-state index contributed by atoms with van der Waals surface area (Å²) in [5, 5.41) is 4.93. The number of thiophene rings is 1. The molecule has 0 bridgehead atoms. The van der Waals surface area contributed by atoms with E-state index in [9.17, 15) is 4.79 Å². The van der Waals surface area contributed by atoms with Crippen molar-refractivity contribution in [3.63, 3.8) is 0 Å². The van der Waals surface area contributed by atoms with E-state index in [1.807, 2.05) is 17.5 Å². The van der Waals surface area contributed by atoms with E-state index in [1.54, 1.807) is 0 Å². The number of hydrogen-bond donors (Lipinski definition) is 1. The van der Waals surface area contributed by atoms with Crippen LogP contribution in [0.2, 0.25) is 0 Å². The molecule has 0 atom stereocenters. The zero-order chi connectivity index (χ0) is 14.9. The van der Waals surface area contributed by atoms with Crippen LogP contribution in [0.5, 0.6) is 0 Å². The van der Waals surface area contributed by atoms with Crippen LogP contribution in [0.15, 0.2) is 17.5 Å². The summed E-state index contributed by atoms with van der Waals surface area (Å²) in [4.78, 5) is 15.1. The molecule has 1 saturated carbocycles. The number of amides is 1. The Morgan fingerprint density at radius 1 is 1.29 bits per heavy atom. The van der Waals surface area contributed by atoms with Crippen LogP contribution in [0.3, 0.4) is 0 Å². The molecule has 3 nitrogen and oxygen atoms in total. The largest absolute Gasteiger partial charge is 0.351 e. The zero-order valence-corrected chi connectivity index (χ0v) is 14.0. The van der Waals surface area contributed by atoms with Crippen LogP contribution in [0.4, 0.5) is 0 Å². The highest BCUT2D eigenvalue weighted by Gasteiger charge is 2.17. The predicted octanol–water partition coefficient (Wildman–Crippen LogP) is 3.91. The minimum atomic E-state index is 0.0734. The molecule has 0 unspecified atom stereocenters. The van der Waals surface area contributed by atoms with E-state index < -0.39 is 0 Å². The van der Waals surface area contributed by atoms with E-state index in [0.29, 0.717) is 0 Å². The van der Waals surface area contributed by atoms with Crippen molar-refractivity contribution in [2.45, 2.75) is 57.4 Å². The fraction of sp³-hybridized carbons (Fsp3) is 0.706. The van der Waals surface area contributed by atoms with Gasteiger partial charge in [0.2, 0.25) is 0 Å². The molecule has 1 aromatic heterocycles. The lowest BCUT2D eigenvalue weighted by atomic mass is 9.94. The third-order valence-corrected chi connectivity index (χ3v) is 5.28. The maximum absolute atomic E-state index is 11.7. The summed E-state index contributed by atoms with van der Waals surface area (Å²) in [6.07, 6.45) is 10.5. The Morgan fingerprint density at radius 2 is 2.10 bits per heavy atom. The van der Waals surface area contributed by atoms with Crippen LogP contribution in [0.1, 0.15) is 61.0 Å². The number of rotatable bonds is 8. The molecule has 1 aromatic rings. The summed E-state index contributed by atoms with van der Waals surface area (Å²) < 4.78 is 0. The van der Waals surface area contributed by atoms with E-state index in [4.69, 9.17) is 0 Å². The summed E-state index contributed by atoms with van der Waals surface area (Å²) in [5.41, 5.74) is 0. The molecular weight excluding hydrogens is 280 g/mol. The maximum Gasteiger partial charge on any atom is 0.261 e. The maximum atomic E-state index is 11.7. The molecule has 2 rings (SSSR count). The normalized spacial score (nSPS) is 16.3. The van der Waals surface area contributed by atoms with E-state index in [0.717, 1.165) is 23.9 Å². The molecule has 0 radical (unpaired) electrons. The second-order valence-corrected chi connectivity index (χ2v) is 7.01. The van der Waals surface area contributed by atoms with Gasteiger partial charge < -0.3 is 10.2 Å². The van der Waals surface area contributed by atoms with Gasteiger partial charge >= 0.3 is 0 Å². The molecule has 1 amide bonds. The molecule has 118 valence electrons. The summed E-state index contributed by atoms with van der Waals surface area (Å²) in [5.74, 6) is 0.0734. The molecule has 0 saturated heterocycles. The SMILES string of the molecule is CN(CCCCCNC(=O)c1cccs1)C1CCCCC1. The molecule has 1 aliphatic rings. The van der Waals surface area contributed by atoms with Gasteiger partial charge in [0.25, 0.3) is 5.91 Å². The Balaban J connectivity index is 1.49. The van der Waals surface area contributed by atoms with Gasteiger partial charge in [0.15, 0.2) is 0 Å². The summed E-state index contributed by atoms with van der Waals surface area (Å²) >= 11 is 1.50. The van der Waals surface area contributed by atoms with Crippen molar-refractivity contribution in [2.75, 3.05) is 20.1 Å². The Hall–Kier alpha value is -0.870. The van der Waals surface area contributed by atoms with E-state index in [2.05, 4.69) is 17.3 Å². The minimum Gasteiger partial charge on any atom is -0.351 e. The van der Waals surface area contributed by atoms with Gasteiger partial charge in [-0.25, -0.2) is 0 Å². The first-order chi connectivity index (χ1) is 10.3.